The molecular formula is C15H21N3S. The van der Waals surface area contributed by atoms with Crippen LogP contribution < -0.4 is 0 Å². The third kappa shape index (κ3) is 2.02. The average molecular weight is 275 g/mol. The molecule has 102 valence electrons. The summed E-state index contributed by atoms with van der Waals surface area (Å²) in [6.07, 6.45) is 3.79. The summed E-state index contributed by atoms with van der Waals surface area (Å²) in [6.45, 7) is 6.69. The third-order valence-corrected chi connectivity index (χ3v) is 5.04. The van der Waals surface area contributed by atoms with Crippen LogP contribution >= 0.6 is 12.2 Å². The SMILES string of the molecule is CCC1CCC(n2c(=S)[nH]c3ccc(C)nc32)C1C. The van der Waals surface area contributed by atoms with Crippen molar-refractivity contribution >= 4 is 23.4 Å². The maximum atomic E-state index is 5.53. The number of pyridine rings is 1. The maximum absolute atomic E-state index is 5.53. The number of nitrogens with zero attached hydrogens (tertiary/aromatic N) is 2. The first kappa shape index (κ1) is 12.9. The monoisotopic (exact) mass is 275 g/mol. The molecule has 1 fully saturated rings. The lowest BCUT2D eigenvalue weighted by Gasteiger charge is -2.21. The minimum atomic E-state index is 0.500. The molecule has 3 unspecified atom stereocenters. The van der Waals surface area contributed by atoms with Gasteiger partial charge < -0.3 is 4.98 Å². The highest BCUT2D eigenvalue weighted by Gasteiger charge is 2.34. The first-order valence-electron chi connectivity index (χ1n) is 7.19. The number of aryl methyl sites for hydroxylation is 1. The van der Waals surface area contributed by atoms with Crippen LogP contribution in [0.4, 0.5) is 0 Å². The number of nitrogens with one attached hydrogen (secondary N) is 1. The zero-order chi connectivity index (χ0) is 13.6. The summed E-state index contributed by atoms with van der Waals surface area (Å²) in [6, 6.07) is 4.62. The lowest BCUT2D eigenvalue weighted by Crippen LogP contribution is -2.16. The minimum absolute atomic E-state index is 0.500. The number of fused-ring (bicyclic) bond motifs is 1. The number of imidazole rings is 1. The van der Waals surface area contributed by atoms with E-state index in [1.54, 1.807) is 0 Å². The number of H-pyrrole nitrogens is 1. The Morgan fingerprint density at radius 2 is 2.21 bits per heavy atom. The van der Waals surface area contributed by atoms with Gasteiger partial charge in [0.05, 0.1) is 5.52 Å². The first-order valence-corrected chi connectivity index (χ1v) is 7.60. The van der Waals surface area contributed by atoms with Gasteiger partial charge in [0.25, 0.3) is 0 Å². The molecule has 0 saturated heterocycles. The van der Waals surface area contributed by atoms with Gasteiger partial charge in [0.1, 0.15) is 0 Å². The Morgan fingerprint density at radius 3 is 2.89 bits per heavy atom. The fraction of sp³-hybridized carbons (Fsp3) is 0.600. The van der Waals surface area contributed by atoms with E-state index in [2.05, 4.69) is 29.5 Å². The standard InChI is InChI=1S/C15H21N3S/c1-4-11-6-8-13(10(11)3)18-14-12(17-15(18)19)7-5-9(2)16-14/h5,7,10-11,13H,4,6,8H2,1-3H3,(H,17,19). The first-order chi connectivity index (χ1) is 9.11. The van der Waals surface area contributed by atoms with Gasteiger partial charge >= 0.3 is 0 Å². The highest BCUT2D eigenvalue weighted by molar-refractivity contribution is 7.71. The maximum Gasteiger partial charge on any atom is 0.179 e. The molecule has 1 aliphatic rings. The molecule has 3 nitrogen and oxygen atoms in total. The van der Waals surface area contributed by atoms with Gasteiger partial charge in [0, 0.05) is 11.7 Å². The van der Waals surface area contributed by atoms with Crippen molar-refractivity contribution in [3.05, 3.63) is 22.6 Å². The summed E-state index contributed by atoms with van der Waals surface area (Å²) < 4.78 is 3.08. The Kier molecular flexibility index (Phi) is 3.21. The van der Waals surface area contributed by atoms with Gasteiger partial charge in [-0.3, -0.25) is 4.57 Å². The van der Waals surface area contributed by atoms with Crippen molar-refractivity contribution in [2.24, 2.45) is 11.8 Å². The average Bonchev–Trinajstić information content (AvgIpc) is 2.89. The van der Waals surface area contributed by atoms with E-state index in [4.69, 9.17) is 17.2 Å². The summed E-state index contributed by atoms with van der Waals surface area (Å²) in [5.41, 5.74) is 3.13. The van der Waals surface area contributed by atoms with Crippen molar-refractivity contribution in [3.8, 4) is 0 Å². The minimum Gasteiger partial charge on any atom is -0.329 e. The molecule has 1 N–H and O–H groups in total. The van der Waals surface area contributed by atoms with Crippen molar-refractivity contribution < 1.29 is 0 Å². The largest absolute Gasteiger partial charge is 0.329 e. The highest BCUT2D eigenvalue weighted by atomic mass is 32.1. The molecule has 1 saturated carbocycles. The van der Waals surface area contributed by atoms with E-state index in [-0.39, 0.29) is 0 Å². The van der Waals surface area contributed by atoms with E-state index in [0.29, 0.717) is 12.0 Å². The molecule has 0 aromatic carbocycles. The number of rotatable bonds is 2. The van der Waals surface area contributed by atoms with Crippen LogP contribution in [-0.2, 0) is 0 Å². The fourth-order valence-corrected chi connectivity index (χ4v) is 3.90. The van der Waals surface area contributed by atoms with Crippen LogP contribution in [0.15, 0.2) is 12.1 Å². The Bertz CT molecular complexity index is 655. The van der Waals surface area contributed by atoms with Gasteiger partial charge in [0.15, 0.2) is 10.4 Å². The normalized spacial score (nSPS) is 27.2. The van der Waals surface area contributed by atoms with E-state index >= 15 is 0 Å². The lowest BCUT2D eigenvalue weighted by atomic mass is 9.93. The lowest BCUT2D eigenvalue weighted by molar-refractivity contribution is 0.331. The van der Waals surface area contributed by atoms with E-state index < -0.39 is 0 Å². The molecule has 3 atom stereocenters. The van der Waals surface area contributed by atoms with E-state index in [0.717, 1.165) is 27.5 Å². The summed E-state index contributed by atoms with van der Waals surface area (Å²) in [5, 5.41) is 0. The van der Waals surface area contributed by atoms with Crippen molar-refractivity contribution in [1.29, 1.82) is 0 Å². The molecule has 4 heteroatoms. The van der Waals surface area contributed by atoms with Crippen LogP contribution in [0.3, 0.4) is 0 Å². The van der Waals surface area contributed by atoms with Crippen LogP contribution in [-0.4, -0.2) is 14.5 Å². The Labute approximate surface area is 119 Å². The smallest absolute Gasteiger partial charge is 0.179 e. The molecule has 3 rings (SSSR count). The van der Waals surface area contributed by atoms with Gasteiger partial charge in [0.2, 0.25) is 0 Å². The predicted octanol–water partition coefficient (Wildman–Crippen LogP) is 4.40. The number of aromatic nitrogens is 3. The van der Waals surface area contributed by atoms with Gasteiger partial charge in [-0.2, -0.15) is 0 Å². The Balaban J connectivity index is 2.12. The fourth-order valence-electron chi connectivity index (χ4n) is 3.57. The van der Waals surface area contributed by atoms with Gasteiger partial charge in [-0.25, -0.2) is 4.98 Å². The van der Waals surface area contributed by atoms with Crippen molar-refractivity contribution in [1.82, 2.24) is 14.5 Å². The second-order valence-electron chi connectivity index (χ2n) is 5.80. The van der Waals surface area contributed by atoms with E-state index in [1.165, 1.54) is 19.3 Å². The quantitative estimate of drug-likeness (QED) is 0.824. The van der Waals surface area contributed by atoms with Gasteiger partial charge in [-0.15, -0.1) is 0 Å². The van der Waals surface area contributed by atoms with E-state index in [9.17, 15) is 0 Å². The Morgan fingerprint density at radius 1 is 1.42 bits per heavy atom. The molecule has 0 amide bonds. The summed E-state index contributed by atoms with van der Waals surface area (Å²) in [4.78, 5) is 7.99. The molecule has 2 heterocycles. The van der Waals surface area contributed by atoms with Crippen LogP contribution in [0.25, 0.3) is 11.2 Å². The molecule has 0 bridgehead atoms. The van der Waals surface area contributed by atoms with Crippen LogP contribution in [0.2, 0.25) is 0 Å². The molecule has 0 aliphatic heterocycles. The second kappa shape index (κ2) is 4.75. The van der Waals surface area contributed by atoms with Gasteiger partial charge in [-0.05, 0) is 56.0 Å². The summed E-state index contributed by atoms with van der Waals surface area (Å²) in [5.74, 6) is 1.50. The zero-order valence-corrected chi connectivity index (χ0v) is 12.6. The van der Waals surface area contributed by atoms with Crippen molar-refractivity contribution in [3.63, 3.8) is 0 Å². The van der Waals surface area contributed by atoms with Gasteiger partial charge in [-0.1, -0.05) is 20.3 Å². The van der Waals surface area contributed by atoms with Crippen LogP contribution in [0, 0.1) is 23.5 Å². The molecule has 0 radical (unpaired) electrons. The highest BCUT2D eigenvalue weighted by Crippen LogP contribution is 2.42. The number of hydrogen-bond donors (Lipinski definition) is 1. The molecule has 2 aromatic rings. The predicted molar refractivity (Wildman–Crippen MR) is 80.9 cm³/mol. The number of aromatic amines is 1. The van der Waals surface area contributed by atoms with Crippen molar-refractivity contribution in [2.45, 2.75) is 46.1 Å². The topological polar surface area (TPSA) is 33.6 Å². The molecule has 2 aromatic heterocycles. The second-order valence-corrected chi connectivity index (χ2v) is 6.18. The summed E-state index contributed by atoms with van der Waals surface area (Å²) in [7, 11) is 0. The molecule has 0 spiro atoms. The molecule has 1 aliphatic carbocycles. The Hall–Kier alpha value is -1.16. The molecule has 19 heavy (non-hydrogen) atoms. The third-order valence-electron chi connectivity index (χ3n) is 4.74. The van der Waals surface area contributed by atoms with Crippen LogP contribution in [0.1, 0.15) is 44.8 Å². The number of hydrogen-bond acceptors (Lipinski definition) is 2. The van der Waals surface area contributed by atoms with Crippen molar-refractivity contribution in [2.75, 3.05) is 0 Å². The zero-order valence-electron chi connectivity index (χ0n) is 11.8. The molecular weight excluding hydrogens is 254 g/mol. The van der Waals surface area contributed by atoms with Crippen LogP contribution in [0.5, 0.6) is 0 Å². The van der Waals surface area contributed by atoms with E-state index in [1.807, 2.05) is 13.0 Å². The summed E-state index contributed by atoms with van der Waals surface area (Å²) >= 11 is 5.53.